The molecule has 0 radical (unpaired) electrons. The van der Waals surface area contributed by atoms with Crippen LogP contribution in [0, 0.1) is 0 Å². The fraction of sp³-hybridized carbons (Fsp3) is 0.200. The average molecular weight is 492 g/mol. The molecule has 2 heterocycles. The monoisotopic (exact) mass is 491 g/mol. The molecular formula is C25H25N5O6. The molecule has 36 heavy (non-hydrogen) atoms. The molecule has 0 saturated heterocycles. The van der Waals surface area contributed by atoms with Crippen LogP contribution in [0.5, 0.6) is 17.2 Å². The van der Waals surface area contributed by atoms with Crippen molar-refractivity contribution in [2.45, 2.75) is 13.0 Å². The highest BCUT2D eigenvalue weighted by Gasteiger charge is 2.17. The molecule has 0 bridgehead atoms. The number of methoxy groups -OCH3 is 3. The molecule has 1 atom stereocenters. The number of carbonyl (C=O) groups excluding carboxylic acids is 1. The summed E-state index contributed by atoms with van der Waals surface area (Å²) in [6.07, 6.45) is 3.50. The largest absolute Gasteiger partial charge is 0.493 e. The second-order valence-corrected chi connectivity index (χ2v) is 7.78. The average Bonchev–Trinajstić information content (AvgIpc) is 3.31. The Bertz CT molecular complexity index is 1410. The van der Waals surface area contributed by atoms with Crippen LogP contribution in [0.2, 0.25) is 0 Å². The van der Waals surface area contributed by atoms with Crippen LogP contribution in [-0.4, -0.2) is 58.9 Å². The maximum absolute atomic E-state index is 12.5. The Hall–Kier alpha value is -4.80. The van der Waals surface area contributed by atoms with Gasteiger partial charge < -0.3 is 34.5 Å². The highest BCUT2D eigenvalue weighted by molar-refractivity contribution is 5.97. The van der Waals surface area contributed by atoms with Gasteiger partial charge in [0.15, 0.2) is 11.5 Å². The Balaban J connectivity index is 1.66. The van der Waals surface area contributed by atoms with E-state index in [1.807, 2.05) is 22.9 Å². The summed E-state index contributed by atoms with van der Waals surface area (Å²) in [7, 11) is 4.60. The molecule has 0 spiro atoms. The summed E-state index contributed by atoms with van der Waals surface area (Å²) in [5.41, 5.74) is 2.25. The molecule has 3 N–H and O–H groups in total. The van der Waals surface area contributed by atoms with Crippen molar-refractivity contribution in [1.29, 1.82) is 0 Å². The first kappa shape index (κ1) is 24.3. The summed E-state index contributed by atoms with van der Waals surface area (Å²) < 4.78 is 18.0. The number of ether oxygens (including phenoxy) is 3. The molecule has 2 aromatic heterocycles. The summed E-state index contributed by atoms with van der Waals surface area (Å²) in [6.45, 7) is 1.41. The minimum absolute atomic E-state index is 0.326. The third kappa shape index (κ3) is 4.85. The van der Waals surface area contributed by atoms with E-state index < -0.39 is 17.9 Å². The Labute approximate surface area is 206 Å². The fourth-order valence-electron chi connectivity index (χ4n) is 3.61. The number of aliphatic carboxylic acids is 1. The van der Waals surface area contributed by atoms with Gasteiger partial charge in [0.25, 0.3) is 5.91 Å². The van der Waals surface area contributed by atoms with Crippen molar-refractivity contribution in [3.63, 3.8) is 0 Å². The second-order valence-electron chi connectivity index (χ2n) is 7.78. The molecule has 2 aromatic carbocycles. The van der Waals surface area contributed by atoms with Crippen molar-refractivity contribution in [3.8, 4) is 22.9 Å². The zero-order valence-corrected chi connectivity index (χ0v) is 20.1. The Morgan fingerprint density at radius 1 is 1.03 bits per heavy atom. The van der Waals surface area contributed by atoms with Crippen molar-refractivity contribution in [1.82, 2.24) is 19.9 Å². The molecule has 1 unspecified atom stereocenters. The van der Waals surface area contributed by atoms with Gasteiger partial charge in [-0.2, -0.15) is 4.98 Å². The van der Waals surface area contributed by atoms with Gasteiger partial charge in [-0.1, -0.05) is 6.07 Å². The van der Waals surface area contributed by atoms with Crippen molar-refractivity contribution >= 4 is 34.5 Å². The number of carbonyl (C=O) groups is 2. The molecule has 11 heteroatoms. The minimum Gasteiger partial charge on any atom is -0.493 e. The zero-order valence-electron chi connectivity index (χ0n) is 20.1. The second kappa shape index (κ2) is 10.2. The van der Waals surface area contributed by atoms with Gasteiger partial charge in [-0.05, 0) is 31.2 Å². The smallest absolute Gasteiger partial charge is 0.325 e. The quantitative estimate of drug-likeness (QED) is 0.322. The standard InChI is InChI=1S/C25H25N5O6/c1-14(24(32)33)27-23(31)15-6-5-7-18(10-15)30-9-8-16-13-26-25(29-22(16)30)28-17-11-19(34-2)21(36-4)20(12-17)35-3/h5-14H,1-4H3,(H,27,31)(H,32,33)(H,26,28,29). The number of nitrogens with one attached hydrogen (secondary N) is 2. The van der Waals surface area contributed by atoms with Gasteiger partial charge in [0.05, 0.1) is 21.3 Å². The normalized spacial score (nSPS) is 11.6. The van der Waals surface area contributed by atoms with E-state index >= 15 is 0 Å². The van der Waals surface area contributed by atoms with Crippen LogP contribution in [-0.2, 0) is 4.79 Å². The predicted octanol–water partition coefficient (Wildman–Crippen LogP) is 3.39. The van der Waals surface area contributed by atoms with E-state index in [9.17, 15) is 9.59 Å². The minimum atomic E-state index is -1.11. The van der Waals surface area contributed by atoms with E-state index in [2.05, 4.69) is 20.6 Å². The molecule has 0 fully saturated rings. The molecule has 4 aromatic rings. The van der Waals surface area contributed by atoms with Crippen molar-refractivity contribution < 1.29 is 28.9 Å². The zero-order chi connectivity index (χ0) is 25.8. The van der Waals surface area contributed by atoms with Gasteiger partial charge in [-0.3, -0.25) is 9.59 Å². The number of amides is 1. The van der Waals surface area contributed by atoms with Crippen molar-refractivity contribution in [2.75, 3.05) is 26.6 Å². The topological polar surface area (TPSA) is 137 Å². The van der Waals surface area contributed by atoms with Crippen molar-refractivity contribution in [2.24, 2.45) is 0 Å². The molecule has 0 aliphatic carbocycles. The summed E-state index contributed by atoms with van der Waals surface area (Å²) in [5.74, 6) is 0.174. The van der Waals surface area contributed by atoms with Crippen molar-refractivity contribution in [3.05, 3.63) is 60.4 Å². The van der Waals surface area contributed by atoms with Crippen LogP contribution in [0.15, 0.2) is 54.9 Å². The fourth-order valence-corrected chi connectivity index (χ4v) is 3.61. The number of aromatic nitrogens is 3. The predicted molar refractivity (Wildman–Crippen MR) is 133 cm³/mol. The van der Waals surface area contributed by atoms with Crippen LogP contribution in [0.1, 0.15) is 17.3 Å². The maximum Gasteiger partial charge on any atom is 0.325 e. The number of carboxylic acids is 1. The van der Waals surface area contributed by atoms with E-state index in [4.69, 9.17) is 19.3 Å². The van der Waals surface area contributed by atoms with E-state index in [-0.39, 0.29) is 0 Å². The lowest BCUT2D eigenvalue weighted by Crippen LogP contribution is -2.38. The Morgan fingerprint density at radius 2 is 1.75 bits per heavy atom. The number of hydrogen-bond donors (Lipinski definition) is 3. The number of benzene rings is 2. The highest BCUT2D eigenvalue weighted by Crippen LogP contribution is 2.40. The molecule has 4 rings (SSSR count). The number of nitrogens with zero attached hydrogens (tertiary/aromatic N) is 3. The van der Waals surface area contributed by atoms with Crippen LogP contribution in [0.4, 0.5) is 11.6 Å². The number of rotatable bonds is 9. The summed E-state index contributed by atoms with van der Waals surface area (Å²) in [5, 5.41) is 15.5. The van der Waals surface area contributed by atoms with E-state index in [0.717, 1.165) is 5.39 Å². The number of carboxylic acid groups (broad SMARTS) is 1. The maximum atomic E-state index is 12.5. The molecule has 0 saturated carbocycles. The number of hydrogen-bond acceptors (Lipinski definition) is 8. The van der Waals surface area contributed by atoms with Gasteiger partial charge in [-0.15, -0.1) is 0 Å². The summed E-state index contributed by atoms with van der Waals surface area (Å²) >= 11 is 0. The first-order chi connectivity index (χ1) is 17.3. The third-order valence-electron chi connectivity index (χ3n) is 5.45. The molecule has 0 aliphatic heterocycles. The molecule has 186 valence electrons. The lowest BCUT2D eigenvalue weighted by molar-refractivity contribution is -0.138. The van der Waals surface area contributed by atoms with Crippen LogP contribution < -0.4 is 24.8 Å². The SMILES string of the molecule is COc1cc(Nc2ncc3ccn(-c4cccc(C(=O)NC(C)C(=O)O)c4)c3n2)cc(OC)c1OC. The lowest BCUT2D eigenvalue weighted by Gasteiger charge is -2.14. The Morgan fingerprint density at radius 3 is 2.39 bits per heavy atom. The third-order valence-corrected chi connectivity index (χ3v) is 5.45. The highest BCUT2D eigenvalue weighted by atomic mass is 16.5. The van der Waals surface area contributed by atoms with E-state index in [1.165, 1.54) is 28.3 Å². The number of fused-ring (bicyclic) bond motifs is 1. The van der Waals surface area contributed by atoms with Gasteiger partial charge in [-0.25, -0.2) is 4.98 Å². The van der Waals surface area contributed by atoms with E-state index in [0.29, 0.717) is 45.8 Å². The summed E-state index contributed by atoms with van der Waals surface area (Å²) in [6, 6.07) is 11.2. The van der Waals surface area contributed by atoms with Gasteiger partial charge in [0, 0.05) is 46.9 Å². The van der Waals surface area contributed by atoms with Crippen LogP contribution in [0.3, 0.4) is 0 Å². The Kier molecular flexibility index (Phi) is 6.91. The first-order valence-corrected chi connectivity index (χ1v) is 10.9. The van der Waals surface area contributed by atoms with Crippen LogP contribution >= 0.6 is 0 Å². The molecular weight excluding hydrogens is 466 g/mol. The van der Waals surface area contributed by atoms with E-state index in [1.54, 1.807) is 36.5 Å². The molecule has 1 amide bonds. The lowest BCUT2D eigenvalue weighted by atomic mass is 10.1. The van der Waals surface area contributed by atoms with Gasteiger partial charge in [0.1, 0.15) is 11.7 Å². The summed E-state index contributed by atoms with van der Waals surface area (Å²) in [4.78, 5) is 32.6. The number of anilines is 2. The van der Waals surface area contributed by atoms with Crippen LogP contribution in [0.25, 0.3) is 16.7 Å². The first-order valence-electron chi connectivity index (χ1n) is 10.9. The molecule has 0 aliphatic rings. The van der Waals surface area contributed by atoms with Gasteiger partial charge in [0.2, 0.25) is 11.7 Å². The van der Waals surface area contributed by atoms with Gasteiger partial charge >= 0.3 is 5.97 Å². The molecule has 11 nitrogen and oxygen atoms in total.